The van der Waals surface area contributed by atoms with Crippen LogP contribution >= 0.6 is 0 Å². The third-order valence-corrected chi connectivity index (χ3v) is 3.95. The van der Waals surface area contributed by atoms with Crippen molar-refractivity contribution in [3.05, 3.63) is 0 Å². The molecule has 9 heteroatoms. The number of carboxylic acid groups (broad SMARTS) is 1. The highest BCUT2D eigenvalue weighted by atomic mass is 16.4. The number of aliphatic hydroxyl groups excluding tert-OH is 4. The predicted octanol–water partition coefficient (Wildman–Crippen LogP) is -0.980. The Morgan fingerprint density at radius 3 is 1.74 bits per heavy atom. The Kier molecular flexibility index (Phi) is 18.8. The van der Waals surface area contributed by atoms with Crippen LogP contribution in [0, 0.1) is 0 Å². The topological polar surface area (TPSA) is 175 Å². The van der Waals surface area contributed by atoms with E-state index < -0.39 is 36.3 Å². The van der Waals surface area contributed by atoms with Crippen LogP contribution in [0.2, 0.25) is 0 Å². The Morgan fingerprint density at radius 1 is 0.815 bits per heavy atom. The fourth-order valence-electron chi connectivity index (χ4n) is 2.15. The van der Waals surface area contributed by atoms with Crippen molar-refractivity contribution in [1.82, 2.24) is 5.32 Å². The lowest BCUT2D eigenvalue weighted by atomic mass is 10.0. The van der Waals surface area contributed by atoms with Crippen molar-refractivity contribution in [1.29, 1.82) is 0 Å². The highest BCUT2D eigenvalue weighted by molar-refractivity contribution is 5.81. The van der Waals surface area contributed by atoms with Gasteiger partial charge in [0, 0.05) is 6.54 Å². The van der Waals surface area contributed by atoms with Crippen LogP contribution in [0.4, 0.5) is 0 Å². The van der Waals surface area contributed by atoms with Crippen molar-refractivity contribution in [2.24, 2.45) is 0 Å². The lowest BCUT2D eigenvalue weighted by molar-refractivity contribution is -0.368. The smallest absolute Gasteiger partial charge is 0.335 e. The average molecular weight is 396 g/mol. The number of quaternary nitrogens is 1. The summed E-state index contributed by atoms with van der Waals surface area (Å²) in [4.78, 5) is 21.9. The minimum atomic E-state index is -2.28. The van der Waals surface area contributed by atoms with Gasteiger partial charge in [-0.25, -0.2) is 4.79 Å². The van der Waals surface area contributed by atoms with E-state index in [1.54, 1.807) is 0 Å². The highest BCUT2D eigenvalue weighted by Crippen LogP contribution is 2.06. The van der Waals surface area contributed by atoms with E-state index in [2.05, 4.69) is 18.0 Å². The van der Waals surface area contributed by atoms with Crippen molar-refractivity contribution in [2.45, 2.75) is 89.6 Å². The summed E-state index contributed by atoms with van der Waals surface area (Å²) in [5.41, 5.74) is 3.76. The first kappa shape index (κ1) is 28.0. The van der Waals surface area contributed by atoms with Crippen LogP contribution in [0.25, 0.3) is 0 Å². The fourth-order valence-corrected chi connectivity index (χ4v) is 2.15. The first-order chi connectivity index (χ1) is 12.7. The number of hydrogen-bond donors (Lipinski definition) is 7. The molecule has 0 heterocycles. The Balaban J connectivity index is 0. The SMILES string of the molecule is CCCCCCNC(=O)[C@@H](O)[C@H](O)[C@@H](O)[C@@H](O)C(=O)O.CCCCCC[NH3+]. The van der Waals surface area contributed by atoms with Gasteiger partial charge in [-0.2, -0.15) is 0 Å². The molecule has 0 unspecified atom stereocenters. The van der Waals surface area contributed by atoms with Gasteiger partial charge in [-0.05, 0) is 19.3 Å². The molecule has 0 bridgehead atoms. The van der Waals surface area contributed by atoms with Crippen molar-refractivity contribution >= 4 is 11.9 Å². The minimum absolute atomic E-state index is 0.306. The lowest BCUT2D eigenvalue weighted by Gasteiger charge is -2.23. The number of unbranched alkanes of at least 4 members (excludes halogenated alkanes) is 6. The summed E-state index contributed by atoms with van der Waals surface area (Å²) in [5, 5.41) is 48.0. The number of amides is 1. The van der Waals surface area contributed by atoms with Crippen LogP contribution in [-0.2, 0) is 9.59 Å². The molecule has 0 aromatic carbocycles. The summed E-state index contributed by atoms with van der Waals surface area (Å²) < 4.78 is 0. The van der Waals surface area contributed by atoms with Gasteiger partial charge in [0.05, 0.1) is 6.54 Å². The number of nitrogens with one attached hydrogen (secondary N) is 1. The molecule has 0 saturated carbocycles. The standard InChI is InChI=1S/C12H23NO7.C6H15N/c1-2-3-4-5-6-13-11(18)9(16)7(14)8(15)10(17)12(19)20;1-2-3-4-5-6-7/h7-10,14-17H,2-6H2,1H3,(H,13,18)(H,19,20);2-7H2,1H3/p+1/t7-,8-,9+,10-;/m1./s1. The molecule has 0 saturated heterocycles. The molecule has 0 fully saturated rings. The number of rotatable bonds is 14. The maximum Gasteiger partial charge on any atom is 0.335 e. The second-order valence-corrected chi connectivity index (χ2v) is 6.47. The first-order valence-electron chi connectivity index (χ1n) is 9.76. The molecule has 9 nitrogen and oxygen atoms in total. The number of hydrogen-bond acceptors (Lipinski definition) is 6. The van der Waals surface area contributed by atoms with Gasteiger partial charge in [-0.3, -0.25) is 4.79 Å². The molecular formula is C18H39N2O7+. The van der Waals surface area contributed by atoms with Crippen LogP contribution in [0.3, 0.4) is 0 Å². The van der Waals surface area contributed by atoms with E-state index in [4.69, 9.17) is 10.2 Å². The van der Waals surface area contributed by atoms with Crippen molar-refractivity contribution < 1.29 is 40.9 Å². The molecule has 1 amide bonds. The van der Waals surface area contributed by atoms with Crippen molar-refractivity contribution in [2.75, 3.05) is 13.1 Å². The number of carbonyl (C=O) groups is 2. The van der Waals surface area contributed by atoms with E-state index in [1.165, 1.54) is 25.7 Å². The van der Waals surface area contributed by atoms with Crippen LogP contribution in [0.1, 0.15) is 65.2 Å². The lowest BCUT2D eigenvalue weighted by Crippen LogP contribution is -2.52. The van der Waals surface area contributed by atoms with Crippen LogP contribution in [0.15, 0.2) is 0 Å². The molecule has 9 N–H and O–H groups in total. The summed E-state index contributed by atoms with van der Waals surface area (Å²) in [5.74, 6) is -2.69. The quantitative estimate of drug-likeness (QED) is 0.185. The molecule has 4 atom stereocenters. The Labute approximate surface area is 161 Å². The van der Waals surface area contributed by atoms with Crippen LogP contribution < -0.4 is 11.1 Å². The number of aliphatic carboxylic acids is 1. The van der Waals surface area contributed by atoms with Crippen LogP contribution in [0.5, 0.6) is 0 Å². The van der Waals surface area contributed by atoms with Gasteiger partial charge in [0.1, 0.15) is 12.2 Å². The number of carbonyl (C=O) groups excluding carboxylic acids is 1. The van der Waals surface area contributed by atoms with Gasteiger partial charge >= 0.3 is 5.97 Å². The molecule has 162 valence electrons. The molecule has 0 aliphatic rings. The maximum absolute atomic E-state index is 11.5. The molecule has 0 aliphatic heterocycles. The summed E-state index contributed by atoms with van der Waals surface area (Å²) in [6.07, 6.45) is 0.549. The zero-order valence-corrected chi connectivity index (χ0v) is 16.6. The average Bonchev–Trinajstić information content (AvgIpc) is 2.66. The predicted molar refractivity (Wildman–Crippen MR) is 101 cm³/mol. The summed E-state index contributed by atoms with van der Waals surface area (Å²) in [6, 6.07) is 0. The molecule has 27 heavy (non-hydrogen) atoms. The second kappa shape index (κ2) is 18.1. The molecule has 0 rings (SSSR count). The highest BCUT2D eigenvalue weighted by Gasteiger charge is 2.37. The molecule has 0 aromatic rings. The van der Waals surface area contributed by atoms with Gasteiger partial charge in [-0.1, -0.05) is 46.0 Å². The molecular weight excluding hydrogens is 356 g/mol. The second-order valence-electron chi connectivity index (χ2n) is 6.47. The van der Waals surface area contributed by atoms with Crippen LogP contribution in [-0.4, -0.2) is 74.9 Å². The molecule has 0 spiro atoms. The van der Waals surface area contributed by atoms with Gasteiger partial charge in [0.15, 0.2) is 12.2 Å². The number of carboxylic acids is 1. The van der Waals surface area contributed by atoms with E-state index in [1.807, 2.05) is 6.92 Å². The maximum atomic E-state index is 11.5. The normalized spacial score (nSPS) is 15.1. The molecule has 0 aliphatic carbocycles. The zero-order valence-electron chi connectivity index (χ0n) is 16.6. The minimum Gasteiger partial charge on any atom is -0.479 e. The first-order valence-corrected chi connectivity index (χ1v) is 9.76. The van der Waals surface area contributed by atoms with E-state index in [0.717, 1.165) is 25.8 Å². The van der Waals surface area contributed by atoms with Crippen molar-refractivity contribution in [3.8, 4) is 0 Å². The molecule has 0 radical (unpaired) electrons. The Hall–Kier alpha value is -1.26. The molecule has 0 aromatic heterocycles. The summed E-state index contributed by atoms with van der Waals surface area (Å²) >= 11 is 0. The van der Waals surface area contributed by atoms with E-state index in [-0.39, 0.29) is 0 Å². The van der Waals surface area contributed by atoms with Gasteiger partial charge in [0.25, 0.3) is 5.91 Å². The number of aliphatic hydroxyl groups is 4. The van der Waals surface area contributed by atoms with Crippen molar-refractivity contribution in [3.63, 3.8) is 0 Å². The largest absolute Gasteiger partial charge is 0.479 e. The summed E-state index contributed by atoms with van der Waals surface area (Å²) in [6.45, 7) is 5.68. The fraction of sp³-hybridized carbons (Fsp3) is 0.889. The monoisotopic (exact) mass is 395 g/mol. The van der Waals surface area contributed by atoms with Gasteiger partial charge in [-0.15, -0.1) is 0 Å². The zero-order chi connectivity index (χ0) is 21.2. The summed E-state index contributed by atoms with van der Waals surface area (Å²) in [7, 11) is 0. The third-order valence-electron chi connectivity index (χ3n) is 3.95. The van der Waals surface area contributed by atoms with Gasteiger partial charge < -0.3 is 36.6 Å². The van der Waals surface area contributed by atoms with E-state index >= 15 is 0 Å². The van der Waals surface area contributed by atoms with Gasteiger partial charge in [0.2, 0.25) is 0 Å². The third kappa shape index (κ3) is 14.5. The van der Waals surface area contributed by atoms with E-state index in [0.29, 0.717) is 13.0 Å². The Bertz CT molecular complexity index is 379. The Morgan fingerprint density at radius 2 is 1.30 bits per heavy atom. The van der Waals surface area contributed by atoms with E-state index in [9.17, 15) is 24.9 Å².